The van der Waals surface area contributed by atoms with Crippen LogP contribution >= 0.6 is 0 Å². The molecule has 5 nitrogen and oxygen atoms in total. The van der Waals surface area contributed by atoms with Crippen LogP contribution in [0.3, 0.4) is 0 Å². The summed E-state index contributed by atoms with van der Waals surface area (Å²) in [6.45, 7) is 0.908. The molecule has 0 unspecified atom stereocenters. The van der Waals surface area contributed by atoms with Crippen LogP contribution in [-0.2, 0) is 21.5 Å². The predicted molar refractivity (Wildman–Crippen MR) is 106 cm³/mol. The fourth-order valence-electron chi connectivity index (χ4n) is 4.06. The Labute approximate surface area is 164 Å². The van der Waals surface area contributed by atoms with E-state index < -0.39 is 0 Å². The monoisotopic (exact) mass is 376 g/mol. The lowest BCUT2D eigenvalue weighted by Crippen LogP contribution is -2.45. The van der Waals surface area contributed by atoms with Crippen molar-refractivity contribution in [3.05, 3.63) is 71.3 Å². The second-order valence-electron chi connectivity index (χ2n) is 7.75. The highest BCUT2D eigenvalue weighted by Crippen LogP contribution is 2.43. The molecule has 2 fully saturated rings. The summed E-state index contributed by atoms with van der Waals surface area (Å²) in [6.07, 6.45) is 3.96. The van der Waals surface area contributed by atoms with Crippen LogP contribution in [-0.4, -0.2) is 29.2 Å². The van der Waals surface area contributed by atoms with Crippen molar-refractivity contribution in [1.82, 2.24) is 10.2 Å². The van der Waals surface area contributed by atoms with E-state index in [2.05, 4.69) is 17.4 Å². The van der Waals surface area contributed by atoms with Crippen LogP contribution in [0.25, 0.3) is 0 Å². The van der Waals surface area contributed by atoms with Gasteiger partial charge in [0.15, 0.2) is 0 Å². The van der Waals surface area contributed by atoms with Crippen molar-refractivity contribution in [3.8, 4) is 0 Å². The van der Waals surface area contributed by atoms with Gasteiger partial charge in [0.1, 0.15) is 0 Å². The number of amides is 3. The number of nitrogens with zero attached hydrogens (tertiary/aromatic N) is 1. The summed E-state index contributed by atoms with van der Waals surface area (Å²) < 4.78 is 0. The van der Waals surface area contributed by atoms with E-state index in [0.717, 1.165) is 18.4 Å². The van der Waals surface area contributed by atoms with Crippen molar-refractivity contribution in [1.29, 1.82) is 0 Å². The lowest BCUT2D eigenvalue weighted by molar-refractivity contribution is -0.139. The number of rotatable bonds is 6. The van der Waals surface area contributed by atoms with Crippen molar-refractivity contribution in [2.24, 2.45) is 0 Å². The average Bonchev–Trinajstić information content (AvgIpc) is 3.00. The second-order valence-corrected chi connectivity index (χ2v) is 7.75. The number of hydrogen-bond donors (Lipinski definition) is 1. The molecule has 1 heterocycles. The first-order valence-electron chi connectivity index (χ1n) is 9.83. The van der Waals surface area contributed by atoms with Crippen LogP contribution in [0.5, 0.6) is 0 Å². The molecule has 2 aromatic rings. The molecule has 0 bridgehead atoms. The zero-order valence-electron chi connectivity index (χ0n) is 15.8. The predicted octanol–water partition coefficient (Wildman–Crippen LogP) is 3.19. The van der Waals surface area contributed by atoms with E-state index in [0.29, 0.717) is 24.9 Å². The summed E-state index contributed by atoms with van der Waals surface area (Å²) >= 11 is 0. The SMILES string of the molecule is O=C(NCC1(c2ccccc2)CCC1)c1ccc(CN2C(=O)CCC2=O)cc1. The minimum atomic E-state index is -0.126. The number of nitrogens with one attached hydrogen (secondary N) is 1. The first-order chi connectivity index (χ1) is 13.6. The van der Waals surface area contributed by atoms with Gasteiger partial charge in [0, 0.05) is 30.4 Å². The molecule has 1 aliphatic heterocycles. The third-order valence-electron chi connectivity index (χ3n) is 6.00. The van der Waals surface area contributed by atoms with Gasteiger partial charge in [-0.2, -0.15) is 0 Å². The molecular formula is C23H24N2O3. The summed E-state index contributed by atoms with van der Waals surface area (Å²) in [5.41, 5.74) is 2.77. The maximum absolute atomic E-state index is 12.6. The van der Waals surface area contributed by atoms with Crippen molar-refractivity contribution >= 4 is 17.7 Å². The largest absolute Gasteiger partial charge is 0.351 e. The third kappa shape index (κ3) is 3.57. The fraction of sp³-hybridized carbons (Fsp3) is 0.348. The molecule has 5 heteroatoms. The number of carbonyl (C=O) groups is 3. The molecule has 0 spiro atoms. The van der Waals surface area contributed by atoms with E-state index in [1.807, 2.05) is 30.3 Å². The zero-order chi connectivity index (χ0) is 19.6. The van der Waals surface area contributed by atoms with E-state index >= 15 is 0 Å². The lowest BCUT2D eigenvalue weighted by Gasteiger charge is -2.42. The quantitative estimate of drug-likeness (QED) is 0.788. The molecule has 0 radical (unpaired) electrons. The summed E-state index contributed by atoms with van der Waals surface area (Å²) in [4.78, 5) is 37.4. The van der Waals surface area contributed by atoms with Crippen LogP contribution in [0, 0.1) is 0 Å². The van der Waals surface area contributed by atoms with Gasteiger partial charge in [-0.05, 0) is 36.1 Å². The normalized spacial score (nSPS) is 18.1. The minimum absolute atomic E-state index is 0.0489. The molecule has 1 saturated heterocycles. The molecule has 1 aliphatic carbocycles. The van der Waals surface area contributed by atoms with E-state index in [1.54, 1.807) is 12.1 Å². The number of carbonyl (C=O) groups excluding carboxylic acids is 3. The summed E-state index contributed by atoms with van der Waals surface area (Å²) in [5.74, 6) is -0.348. The molecule has 4 rings (SSSR count). The summed E-state index contributed by atoms with van der Waals surface area (Å²) in [7, 11) is 0. The standard InChI is InChI=1S/C23H24N2O3/c26-20-11-12-21(27)25(20)15-17-7-9-18(10-8-17)22(28)24-16-23(13-4-14-23)19-5-2-1-3-6-19/h1-3,5-10H,4,11-16H2,(H,24,28). The number of benzene rings is 2. The van der Waals surface area contributed by atoms with Gasteiger partial charge < -0.3 is 5.32 Å². The molecule has 0 aromatic heterocycles. The van der Waals surface area contributed by atoms with Crippen LogP contribution in [0.1, 0.15) is 53.6 Å². The average molecular weight is 376 g/mol. The van der Waals surface area contributed by atoms with E-state index in [1.165, 1.54) is 16.9 Å². The number of imide groups is 1. The Bertz CT molecular complexity index is 870. The van der Waals surface area contributed by atoms with Crippen molar-refractivity contribution in [2.75, 3.05) is 6.54 Å². The Hall–Kier alpha value is -2.95. The van der Waals surface area contributed by atoms with Crippen LogP contribution < -0.4 is 5.32 Å². The smallest absolute Gasteiger partial charge is 0.251 e. The van der Waals surface area contributed by atoms with Gasteiger partial charge in [0.05, 0.1) is 6.54 Å². The van der Waals surface area contributed by atoms with Crippen molar-refractivity contribution in [3.63, 3.8) is 0 Å². The highest BCUT2D eigenvalue weighted by atomic mass is 16.2. The maximum Gasteiger partial charge on any atom is 0.251 e. The molecule has 1 N–H and O–H groups in total. The zero-order valence-corrected chi connectivity index (χ0v) is 15.8. The number of hydrogen-bond acceptors (Lipinski definition) is 3. The minimum Gasteiger partial charge on any atom is -0.351 e. The maximum atomic E-state index is 12.6. The molecule has 144 valence electrons. The summed E-state index contributed by atoms with van der Waals surface area (Å²) in [6, 6.07) is 17.5. The highest BCUT2D eigenvalue weighted by molar-refractivity contribution is 6.01. The van der Waals surface area contributed by atoms with E-state index in [-0.39, 0.29) is 29.7 Å². The van der Waals surface area contributed by atoms with Crippen molar-refractivity contribution in [2.45, 2.75) is 44.1 Å². The van der Waals surface area contributed by atoms with E-state index in [9.17, 15) is 14.4 Å². The van der Waals surface area contributed by atoms with Crippen LogP contribution in [0.2, 0.25) is 0 Å². The Kier molecular flexibility index (Phi) is 4.99. The van der Waals surface area contributed by atoms with Gasteiger partial charge in [-0.3, -0.25) is 19.3 Å². The van der Waals surface area contributed by atoms with E-state index in [4.69, 9.17) is 0 Å². The second kappa shape index (κ2) is 7.58. The Morgan fingerprint density at radius 3 is 2.14 bits per heavy atom. The molecule has 1 saturated carbocycles. The lowest BCUT2D eigenvalue weighted by atomic mass is 9.64. The topological polar surface area (TPSA) is 66.5 Å². The van der Waals surface area contributed by atoms with Gasteiger partial charge in [0.2, 0.25) is 11.8 Å². The number of likely N-dealkylation sites (tertiary alicyclic amines) is 1. The summed E-state index contributed by atoms with van der Waals surface area (Å²) in [5, 5.41) is 3.09. The fourth-order valence-corrected chi connectivity index (χ4v) is 4.06. The Balaban J connectivity index is 1.37. The van der Waals surface area contributed by atoms with Gasteiger partial charge in [0.25, 0.3) is 5.91 Å². The first kappa shape index (κ1) is 18.4. The molecular weight excluding hydrogens is 352 g/mol. The van der Waals surface area contributed by atoms with Gasteiger partial charge in [-0.25, -0.2) is 0 Å². The van der Waals surface area contributed by atoms with Crippen LogP contribution in [0.4, 0.5) is 0 Å². The Morgan fingerprint density at radius 1 is 0.929 bits per heavy atom. The molecule has 3 amide bonds. The third-order valence-corrected chi connectivity index (χ3v) is 6.00. The van der Waals surface area contributed by atoms with Crippen molar-refractivity contribution < 1.29 is 14.4 Å². The van der Waals surface area contributed by atoms with Gasteiger partial charge in [-0.1, -0.05) is 48.9 Å². The molecule has 0 atom stereocenters. The molecule has 28 heavy (non-hydrogen) atoms. The van der Waals surface area contributed by atoms with Crippen LogP contribution in [0.15, 0.2) is 54.6 Å². The van der Waals surface area contributed by atoms with Gasteiger partial charge >= 0.3 is 0 Å². The van der Waals surface area contributed by atoms with Gasteiger partial charge in [-0.15, -0.1) is 0 Å². The molecule has 2 aromatic carbocycles. The first-order valence-corrected chi connectivity index (χ1v) is 9.83. The molecule has 2 aliphatic rings. The highest BCUT2D eigenvalue weighted by Gasteiger charge is 2.38. The Morgan fingerprint density at radius 2 is 1.57 bits per heavy atom.